The summed E-state index contributed by atoms with van der Waals surface area (Å²) in [7, 11) is 1.95. The topological polar surface area (TPSA) is 155 Å². The Kier molecular flexibility index (Phi) is 8.07. The maximum atomic E-state index is 12.8. The fourth-order valence-corrected chi connectivity index (χ4v) is 6.41. The summed E-state index contributed by atoms with van der Waals surface area (Å²) >= 11 is 0. The first-order valence-electron chi connectivity index (χ1n) is 15.6. The minimum absolute atomic E-state index is 0.126. The lowest BCUT2D eigenvalue weighted by atomic mass is 9.95. The summed E-state index contributed by atoms with van der Waals surface area (Å²) in [5.41, 5.74) is 13.8. The number of aromatic amines is 1. The number of rotatable bonds is 11. The van der Waals surface area contributed by atoms with Crippen molar-refractivity contribution in [2.24, 2.45) is 12.8 Å². The van der Waals surface area contributed by atoms with Crippen molar-refractivity contribution in [3.05, 3.63) is 125 Å². The molecule has 0 bridgehead atoms. The molecule has 4 heterocycles. The number of hydrogen-bond acceptors (Lipinski definition) is 6. The van der Waals surface area contributed by atoms with Crippen LogP contribution in [0.5, 0.6) is 5.75 Å². The molecule has 6 aromatic rings. The van der Waals surface area contributed by atoms with Gasteiger partial charge >= 0.3 is 0 Å². The zero-order valence-electron chi connectivity index (χ0n) is 26.0. The van der Waals surface area contributed by atoms with Crippen LogP contribution in [0.3, 0.4) is 0 Å². The number of aromatic nitrogens is 4. The summed E-state index contributed by atoms with van der Waals surface area (Å²) in [5, 5.41) is 21.8. The average Bonchev–Trinajstić information content (AvgIpc) is 3.82. The summed E-state index contributed by atoms with van der Waals surface area (Å²) in [6.07, 6.45) is 9.20. The zero-order chi connectivity index (χ0) is 32.5. The van der Waals surface area contributed by atoms with Crippen molar-refractivity contribution >= 4 is 39.7 Å². The van der Waals surface area contributed by atoms with Gasteiger partial charge in [0.1, 0.15) is 5.75 Å². The molecule has 11 nitrogen and oxygen atoms in total. The van der Waals surface area contributed by atoms with Crippen LogP contribution in [0.2, 0.25) is 0 Å². The number of amides is 2. The van der Waals surface area contributed by atoms with Crippen molar-refractivity contribution in [1.29, 1.82) is 0 Å². The van der Waals surface area contributed by atoms with Crippen LogP contribution in [0.1, 0.15) is 50.0 Å². The molecule has 0 saturated heterocycles. The lowest BCUT2D eigenvalue weighted by Crippen LogP contribution is -2.27. The molecule has 0 spiro atoms. The predicted octanol–water partition coefficient (Wildman–Crippen LogP) is 3.82. The highest BCUT2D eigenvalue weighted by Gasteiger charge is 2.33. The number of hydrogen-bond donors (Lipinski definition) is 6. The van der Waals surface area contributed by atoms with Crippen LogP contribution in [0.25, 0.3) is 27.9 Å². The molecule has 11 heteroatoms. The molecule has 0 aliphatic carbocycles. The van der Waals surface area contributed by atoms with Crippen molar-refractivity contribution in [3.8, 4) is 5.75 Å². The van der Waals surface area contributed by atoms with E-state index in [1.807, 2.05) is 48.3 Å². The Bertz CT molecular complexity index is 2150. The molecule has 0 saturated carbocycles. The number of para-hydroxylation sites is 1. The number of carbonyl (C=O) groups excluding carboxylic acids is 2. The molecule has 1 aliphatic rings. The van der Waals surface area contributed by atoms with Crippen LogP contribution in [-0.2, 0) is 31.5 Å². The van der Waals surface area contributed by atoms with E-state index in [4.69, 9.17) is 5.73 Å². The van der Waals surface area contributed by atoms with E-state index in [1.54, 1.807) is 24.5 Å². The number of benzene rings is 3. The minimum atomic E-state index is -0.382. The molecule has 1 unspecified atom stereocenters. The van der Waals surface area contributed by atoms with E-state index in [1.165, 1.54) is 6.08 Å². The summed E-state index contributed by atoms with van der Waals surface area (Å²) in [5.74, 6) is -0.209. The Balaban J connectivity index is 1.16. The van der Waals surface area contributed by atoms with E-state index < -0.39 is 0 Å². The maximum absolute atomic E-state index is 12.8. The molecule has 3 aromatic heterocycles. The minimum Gasteiger partial charge on any atom is -0.508 e. The zero-order valence-corrected chi connectivity index (χ0v) is 26.0. The van der Waals surface area contributed by atoms with Crippen LogP contribution >= 0.6 is 0 Å². The highest BCUT2D eigenvalue weighted by Crippen LogP contribution is 2.38. The van der Waals surface area contributed by atoms with Crippen molar-refractivity contribution in [2.75, 3.05) is 13.1 Å². The smallest absolute Gasteiger partial charge is 0.252 e. The number of nitrogens with one attached hydrogen (secondary N) is 4. The van der Waals surface area contributed by atoms with Gasteiger partial charge in [-0.15, -0.1) is 0 Å². The van der Waals surface area contributed by atoms with E-state index in [0.717, 1.165) is 55.4 Å². The average molecular weight is 629 g/mol. The van der Waals surface area contributed by atoms with Crippen molar-refractivity contribution in [2.45, 2.75) is 25.7 Å². The first-order valence-corrected chi connectivity index (χ1v) is 15.6. The molecule has 0 radical (unpaired) electrons. The number of nitrogens with zero attached hydrogens (tertiary/aromatic N) is 3. The van der Waals surface area contributed by atoms with Gasteiger partial charge in [-0.2, -0.15) is 0 Å². The molecular formula is C36H36N8O3. The van der Waals surface area contributed by atoms with Crippen LogP contribution in [0, 0.1) is 0 Å². The number of fused-ring (bicyclic) bond motifs is 3. The number of phenols is 1. The van der Waals surface area contributed by atoms with E-state index in [0.29, 0.717) is 38.3 Å². The number of aryl methyl sites for hydroxylation is 1. The fraction of sp³-hybridized carbons (Fsp3) is 0.194. The van der Waals surface area contributed by atoms with E-state index in [2.05, 4.69) is 54.8 Å². The molecule has 2 amide bonds. The summed E-state index contributed by atoms with van der Waals surface area (Å²) in [6, 6.07) is 18.9. The van der Waals surface area contributed by atoms with Crippen LogP contribution in [-0.4, -0.2) is 49.1 Å². The molecule has 3 aromatic carbocycles. The molecule has 7 rings (SSSR count). The van der Waals surface area contributed by atoms with Crippen LogP contribution in [0.4, 0.5) is 0 Å². The Morgan fingerprint density at radius 2 is 1.96 bits per heavy atom. The first kappa shape index (κ1) is 30.0. The van der Waals surface area contributed by atoms with Crippen molar-refractivity contribution < 1.29 is 14.7 Å². The molecular weight excluding hydrogens is 592 g/mol. The van der Waals surface area contributed by atoms with Gasteiger partial charge in [0, 0.05) is 95.9 Å². The van der Waals surface area contributed by atoms with Gasteiger partial charge in [-0.1, -0.05) is 30.3 Å². The summed E-state index contributed by atoms with van der Waals surface area (Å²) < 4.78 is 4.08. The quantitative estimate of drug-likeness (QED) is 0.120. The second-order valence-electron chi connectivity index (χ2n) is 11.9. The molecule has 47 heavy (non-hydrogen) atoms. The van der Waals surface area contributed by atoms with Crippen LogP contribution < -0.4 is 21.7 Å². The molecule has 1 atom stereocenters. The van der Waals surface area contributed by atoms with Gasteiger partial charge in [0.05, 0.1) is 24.6 Å². The number of nitrogens with two attached hydrogens (primary N) is 1. The van der Waals surface area contributed by atoms with E-state index >= 15 is 0 Å². The fourth-order valence-electron chi connectivity index (χ4n) is 6.41. The summed E-state index contributed by atoms with van der Waals surface area (Å²) in [6.45, 7) is 2.53. The van der Waals surface area contributed by atoms with Crippen LogP contribution in [0.15, 0.2) is 85.5 Å². The number of imidazole rings is 1. The van der Waals surface area contributed by atoms with Gasteiger partial charge in [-0.05, 0) is 47.5 Å². The largest absolute Gasteiger partial charge is 0.508 e. The van der Waals surface area contributed by atoms with Gasteiger partial charge in [0.25, 0.3) is 5.91 Å². The highest BCUT2D eigenvalue weighted by atomic mass is 16.3. The Morgan fingerprint density at radius 3 is 2.79 bits per heavy atom. The van der Waals surface area contributed by atoms with E-state index in [-0.39, 0.29) is 23.6 Å². The number of phenolic OH excluding ortho intramolecular Hbond substituents is 1. The van der Waals surface area contributed by atoms with Gasteiger partial charge in [-0.25, -0.2) is 4.98 Å². The number of aromatic hydroxyl groups is 1. The number of H-pyrrole nitrogens is 1. The second kappa shape index (κ2) is 12.6. The Morgan fingerprint density at radius 1 is 1.09 bits per heavy atom. The second-order valence-corrected chi connectivity index (χ2v) is 11.9. The molecule has 1 aliphatic heterocycles. The van der Waals surface area contributed by atoms with Gasteiger partial charge in [-0.3, -0.25) is 9.59 Å². The van der Waals surface area contributed by atoms with Gasteiger partial charge in [0.2, 0.25) is 5.91 Å². The lowest BCUT2D eigenvalue weighted by Gasteiger charge is -2.15. The monoisotopic (exact) mass is 628 g/mol. The Labute approximate surface area is 271 Å². The third kappa shape index (κ3) is 6.01. The SMILES string of the molecule is Cn1cnc(Cn2cc(C=CC(=O)NCCN)c3ccc(CNCc4[nH]c5ccccc5c4C4NC(=O)c5ccc(O)cc54)cc32)c1. The standard InChI is InChI=1S/C36H36N8O3/c1-43-19-24(40-21-43)20-44-18-23(7-11-33(46)39-13-12-37)26-9-6-22(14-32(26)44)16-38-17-31-34(28-4-2-3-5-30(28)41-31)35-29-15-25(45)8-10-27(29)36(47)42-35/h2-11,14-15,18-19,21,35,38,41,45H,12-13,16-17,20,37H2,1H3,(H,39,46)(H,42,47). The van der Waals surface area contributed by atoms with Crippen molar-refractivity contribution in [3.63, 3.8) is 0 Å². The first-order chi connectivity index (χ1) is 22.9. The summed E-state index contributed by atoms with van der Waals surface area (Å²) in [4.78, 5) is 33.2. The Hall–Kier alpha value is -5.65. The maximum Gasteiger partial charge on any atom is 0.252 e. The van der Waals surface area contributed by atoms with Gasteiger partial charge < -0.3 is 40.9 Å². The highest BCUT2D eigenvalue weighted by molar-refractivity contribution is 6.01. The lowest BCUT2D eigenvalue weighted by molar-refractivity contribution is -0.116. The third-order valence-corrected chi connectivity index (χ3v) is 8.54. The number of carbonyl (C=O) groups is 2. The van der Waals surface area contributed by atoms with Crippen molar-refractivity contribution in [1.82, 2.24) is 35.1 Å². The molecule has 7 N–H and O–H groups in total. The van der Waals surface area contributed by atoms with Gasteiger partial charge in [0.15, 0.2) is 0 Å². The predicted molar refractivity (Wildman–Crippen MR) is 182 cm³/mol. The normalized spacial score (nSPS) is 14.3. The van der Waals surface area contributed by atoms with E-state index in [9.17, 15) is 14.7 Å². The third-order valence-electron chi connectivity index (χ3n) is 8.54. The molecule has 0 fully saturated rings. The molecule has 238 valence electrons.